The van der Waals surface area contributed by atoms with E-state index in [1.54, 1.807) is 0 Å². The molecule has 0 aliphatic heterocycles. The Kier molecular flexibility index (Phi) is 5.34. The summed E-state index contributed by atoms with van der Waals surface area (Å²) in [4.78, 5) is 0. The van der Waals surface area contributed by atoms with Crippen LogP contribution in [0.5, 0.6) is 0 Å². The van der Waals surface area contributed by atoms with Gasteiger partial charge in [-0.2, -0.15) is 0 Å². The topological polar surface area (TPSA) is 14.8 Å². The highest BCUT2D eigenvalue weighted by molar-refractivity contribution is 6.30. The highest BCUT2D eigenvalue weighted by Crippen LogP contribution is 2.39. The van der Waals surface area contributed by atoms with Gasteiger partial charge in [-0.15, -0.1) is 0 Å². The first kappa shape index (κ1) is 25.5. The van der Waals surface area contributed by atoms with Crippen molar-refractivity contribution in [2.45, 2.75) is 0 Å². The monoisotopic (exact) mass is 607 g/mol. The van der Waals surface area contributed by atoms with Gasteiger partial charge in [0.2, 0.25) is 0 Å². The number of hydrogen-bond donors (Lipinski definition) is 0. The Morgan fingerprint density at radius 3 is 0.978 bits per heavy atom. The summed E-state index contributed by atoms with van der Waals surface area (Å²) in [6, 6.07) is 56.6. The number of nitrogens with zero attached hydrogens (tertiary/aromatic N) is 3. The Hall–Kier alpha value is -5.77. The lowest BCUT2D eigenvalue weighted by molar-refractivity contribution is 1.16. The van der Waals surface area contributed by atoms with Crippen molar-refractivity contribution >= 4 is 77.0 Å². The molecule has 0 atom stereocenters. The summed E-state index contributed by atoms with van der Waals surface area (Å²) < 4.78 is 7.14. The van der Waals surface area contributed by atoms with Gasteiger partial charge in [0.05, 0.1) is 33.1 Å². The zero-order valence-electron chi connectivity index (χ0n) is 24.7. The minimum absolute atomic E-state index is 0.729. The number of halogens is 1. The minimum atomic E-state index is 0.729. The van der Waals surface area contributed by atoms with Crippen LogP contribution in [0, 0.1) is 0 Å². The average Bonchev–Trinajstić information content (AvgIpc) is 3.74. The SMILES string of the molecule is Clc1ccc(-n2c3ccc(-n4c5ccccc5c5ccccc54)cc3c3cc(-n4c5ccccc5c5ccccc54)ccc32)cc1. The van der Waals surface area contributed by atoms with E-state index in [-0.39, 0.29) is 0 Å². The van der Waals surface area contributed by atoms with E-state index in [4.69, 9.17) is 11.6 Å². The molecule has 0 saturated heterocycles. The Bertz CT molecular complexity index is 2530. The second kappa shape index (κ2) is 9.61. The molecule has 7 aromatic carbocycles. The standard InChI is InChI=1S/C42H26ClN3/c43-27-17-19-28(20-18-27)44-41-23-21-29(45-37-13-5-1-9-31(37)32-10-2-6-14-38(32)45)25-35(41)36-26-30(22-24-42(36)44)46-39-15-7-3-11-33(39)34-12-4-8-16-40(34)46/h1-26H. The van der Waals surface area contributed by atoms with Crippen LogP contribution in [0.1, 0.15) is 0 Å². The fourth-order valence-electron chi connectivity index (χ4n) is 7.55. The Morgan fingerprint density at radius 1 is 0.283 bits per heavy atom. The number of hydrogen-bond acceptors (Lipinski definition) is 0. The number of benzene rings is 7. The smallest absolute Gasteiger partial charge is 0.0542 e. The second-order valence-corrected chi connectivity index (χ2v) is 12.4. The van der Waals surface area contributed by atoms with Crippen molar-refractivity contribution in [1.82, 2.24) is 13.7 Å². The molecule has 0 N–H and O–H groups in total. The third-order valence-corrected chi connectivity index (χ3v) is 9.75. The maximum absolute atomic E-state index is 6.34. The lowest BCUT2D eigenvalue weighted by Gasteiger charge is -2.10. The van der Waals surface area contributed by atoms with Crippen molar-refractivity contribution in [3.63, 3.8) is 0 Å². The maximum Gasteiger partial charge on any atom is 0.0542 e. The highest BCUT2D eigenvalue weighted by atomic mass is 35.5. The van der Waals surface area contributed by atoms with Crippen LogP contribution in [-0.2, 0) is 0 Å². The molecule has 216 valence electrons. The van der Waals surface area contributed by atoms with Crippen molar-refractivity contribution in [2.24, 2.45) is 0 Å². The fraction of sp³-hybridized carbons (Fsp3) is 0. The van der Waals surface area contributed by atoms with E-state index in [9.17, 15) is 0 Å². The van der Waals surface area contributed by atoms with Crippen LogP contribution in [0.15, 0.2) is 158 Å². The van der Waals surface area contributed by atoms with Crippen LogP contribution in [-0.4, -0.2) is 13.7 Å². The van der Waals surface area contributed by atoms with E-state index in [2.05, 4.69) is 159 Å². The van der Waals surface area contributed by atoms with E-state index < -0.39 is 0 Å². The van der Waals surface area contributed by atoms with Crippen LogP contribution in [0.2, 0.25) is 5.02 Å². The summed E-state index contributed by atoms with van der Waals surface area (Å²) in [6.45, 7) is 0. The molecule has 0 bridgehead atoms. The van der Waals surface area contributed by atoms with Gasteiger partial charge in [0, 0.05) is 54.4 Å². The molecule has 0 unspecified atom stereocenters. The third-order valence-electron chi connectivity index (χ3n) is 9.49. The van der Waals surface area contributed by atoms with E-state index in [0.29, 0.717) is 0 Å². The molecule has 10 aromatic rings. The van der Waals surface area contributed by atoms with Gasteiger partial charge in [-0.25, -0.2) is 0 Å². The normalized spacial score (nSPS) is 12.0. The molecule has 0 radical (unpaired) electrons. The van der Waals surface area contributed by atoms with Crippen molar-refractivity contribution in [3.8, 4) is 17.1 Å². The van der Waals surface area contributed by atoms with Gasteiger partial charge in [-0.05, 0) is 84.9 Å². The second-order valence-electron chi connectivity index (χ2n) is 12.0. The van der Waals surface area contributed by atoms with E-state index in [1.165, 1.54) is 54.4 Å². The van der Waals surface area contributed by atoms with Gasteiger partial charge in [0.15, 0.2) is 0 Å². The van der Waals surface area contributed by atoms with Crippen molar-refractivity contribution in [2.75, 3.05) is 0 Å². The van der Waals surface area contributed by atoms with Crippen LogP contribution in [0.3, 0.4) is 0 Å². The molecule has 3 aromatic heterocycles. The van der Waals surface area contributed by atoms with Gasteiger partial charge < -0.3 is 13.7 Å². The summed E-state index contributed by atoms with van der Waals surface area (Å²) in [5, 5.41) is 8.17. The fourth-order valence-corrected chi connectivity index (χ4v) is 7.67. The molecule has 0 saturated carbocycles. The third kappa shape index (κ3) is 3.55. The van der Waals surface area contributed by atoms with Gasteiger partial charge in [-0.3, -0.25) is 0 Å². The lowest BCUT2D eigenvalue weighted by Crippen LogP contribution is -1.96. The molecule has 3 heterocycles. The summed E-state index contributed by atoms with van der Waals surface area (Å²) in [5.74, 6) is 0. The molecule has 10 rings (SSSR count). The predicted molar refractivity (Wildman–Crippen MR) is 194 cm³/mol. The molecule has 0 fully saturated rings. The molecule has 46 heavy (non-hydrogen) atoms. The molecule has 0 aliphatic rings. The van der Waals surface area contributed by atoms with E-state index >= 15 is 0 Å². The van der Waals surface area contributed by atoms with Gasteiger partial charge >= 0.3 is 0 Å². The average molecular weight is 608 g/mol. The van der Waals surface area contributed by atoms with E-state index in [0.717, 1.165) is 33.1 Å². The lowest BCUT2D eigenvalue weighted by atomic mass is 10.1. The zero-order valence-corrected chi connectivity index (χ0v) is 25.5. The quantitative estimate of drug-likeness (QED) is 0.190. The van der Waals surface area contributed by atoms with Crippen LogP contribution < -0.4 is 0 Å². The first-order chi connectivity index (χ1) is 22.7. The summed E-state index contributed by atoms with van der Waals surface area (Å²) >= 11 is 6.34. The van der Waals surface area contributed by atoms with Crippen LogP contribution in [0.25, 0.3) is 82.5 Å². The van der Waals surface area contributed by atoms with Gasteiger partial charge in [-0.1, -0.05) is 84.4 Å². The first-order valence-electron chi connectivity index (χ1n) is 15.6. The van der Waals surface area contributed by atoms with Crippen molar-refractivity contribution in [1.29, 1.82) is 0 Å². The van der Waals surface area contributed by atoms with E-state index in [1.807, 2.05) is 12.1 Å². The highest BCUT2D eigenvalue weighted by Gasteiger charge is 2.18. The maximum atomic E-state index is 6.34. The number of fused-ring (bicyclic) bond motifs is 9. The largest absolute Gasteiger partial charge is 0.309 e. The number of para-hydroxylation sites is 4. The number of aromatic nitrogens is 3. The van der Waals surface area contributed by atoms with Crippen LogP contribution in [0.4, 0.5) is 0 Å². The molecule has 3 nitrogen and oxygen atoms in total. The molecular formula is C42H26ClN3. The molecule has 0 aliphatic carbocycles. The Morgan fingerprint density at radius 2 is 0.587 bits per heavy atom. The van der Waals surface area contributed by atoms with Gasteiger partial charge in [0.25, 0.3) is 0 Å². The Balaban J connectivity index is 1.30. The first-order valence-corrected chi connectivity index (χ1v) is 15.9. The molecule has 0 spiro atoms. The molecular weight excluding hydrogens is 582 g/mol. The summed E-state index contributed by atoms with van der Waals surface area (Å²) in [7, 11) is 0. The van der Waals surface area contributed by atoms with Crippen molar-refractivity contribution in [3.05, 3.63) is 163 Å². The molecule has 4 heteroatoms. The zero-order chi connectivity index (χ0) is 30.4. The number of rotatable bonds is 3. The van der Waals surface area contributed by atoms with Gasteiger partial charge in [0.1, 0.15) is 0 Å². The summed E-state index contributed by atoms with van der Waals surface area (Å²) in [6.07, 6.45) is 0. The summed E-state index contributed by atoms with van der Waals surface area (Å²) in [5.41, 5.74) is 10.5. The molecule has 0 amide bonds. The van der Waals surface area contributed by atoms with Crippen molar-refractivity contribution < 1.29 is 0 Å². The minimum Gasteiger partial charge on any atom is -0.309 e. The van der Waals surface area contributed by atoms with Crippen LogP contribution >= 0.6 is 11.6 Å². The predicted octanol–water partition coefficient (Wildman–Crippen LogP) is 11.6. The Labute approximate surface area is 269 Å².